The van der Waals surface area contributed by atoms with Crippen molar-refractivity contribution >= 4 is 33.1 Å². The van der Waals surface area contributed by atoms with Crippen LogP contribution in [0.2, 0.25) is 0 Å². The maximum absolute atomic E-state index is 12.0. The predicted molar refractivity (Wildman–Crippen MR) is 59.0 cm³/mol. The number of nitrogens with zero attached hydrogens (tertiary/aromatic N) is 1. The molecule has 0 unspecified atom stereocenters. The molecule has 0 saturated heterocycles. The monoisotopic (exact) mass is 242 g/mol. The Morgan fingerprint density at radius 3 is 2.94 bits per heavy atom. The van der Waals surface area contributed by atoms with Crippen LogP contribution in [0.25, 0.3) is 10.2 Å². The minimum absolute atomic E-state index is 0.362. The number of carbonyl (C=O) groups excluding carboxylic acids is 1. The SMILES string of the molecule is Cc1nc2ccc(NC(=O)C(F)F)cc2s1. The number of amides is 1. The number of thiazole rings is 1. The van der Waals surface area contributed by atoms with Gasteiger partial charge in [0.25, 0.3) is 5.91 Å². The summed E-state index contributed by atoms with van der Waals surface area (Å²) in [6, 6.07) is 4.89. The van der Waals surface area contributed by atoms with Crippen LogP contribution in [0.15, 0.2) is 18.2 Å². The largest absolute Gasteiger partial charge is 0.321 e. The van der Waals surface area contributed by atoms with E-state index >= 15 is 0 Å². The summed E-state index contributed by atoms with van der Waals surface area (Å²) in [5.41, 5.74) is 1.17. The number of fused-ring (bicyclic) bond motifs is 1. The van der Waals surface area contributed by atoms with Gasteiger partial charge >= 0.3 is 6.43 Å². The van der Waals surface area contributed by atoms with Crippen LogP contribution in [-0.2, 0) is 4.79 Å². The van der Waals surface area contributed by atoms with Gasteiger partial charge in [-0.1, -0.05) is 0 Å². The second kappa shape index (κ2) is 4.13. The number of hydrogen-bond donors (Lipinski definition) is 1. The minimum Gasteiger partial charge on any atom is -0.321 e. The van der Waals surface area contributed by atoms with Crippen molar-refractivity contribution in [1.82, 2.24) is 4.98 Å². The van der Waals surface area contributed by atoms with Crippen molar-refractivity contribution in [3.63, 3.8) is 0 Å². The number of aryl methyl sites for hydroxylation is 1. The fourth-order valence-corrected chi connectivity index (χ4v) is 2.18. The number of rotatable bonds is 2. The second-order valence-corrected chi connectivity index (χ2v) is 4.44. The van der Waals surface area contributed by atoms with Gasteiger partial charge in [-0.2, -0.15) is 8.78 Å². The maximum Gasteiger partial charge on any atom is 0.315 e. The van der Waals surface area contributed by atoms with Crippen LogP contribution in [0.3, 0.4) is 0 Å². The first-order chi connectivity index (χ1) is 7.56. The van der Waals surface area contributed by atoms with Gasteiger partial charge in [0.2, 0.25) is 0 Å². The Bertz CT molecular complexity index is 539. The van der Waals surface area contributed by atoms with Crippen LogP contribution in [0.4, 0.5) is 14.5 Å². The second-order valence-electron chi connectivity index (χ2n) is 3.21. The lowest BCUT2D eigenvalue weighted by molar-refractivity contribution is -0.126. The molecule has 0 atom stereocenters. The molecule has 0 bridgehead atoms. The van der Waals surface area contributed by atoms with Gasteiger partial charge in [-0.05, 0) is 25.1 Å². The molecule has 6 heteroatoms. The molecule has 16 heavy (non-hydrogen) atoms. The molecule has 84 valence electrons. The fourth-order valence-electron chi connectivity index (χ4n) is 1.31. The van der Waals surface area contributed by atoms with Crippen LogP contribution in [0, 0.1) is 6.92 Å². The Balaban J connectivity index is 2.29. The van der Waals surface area contributed by atoms with Gasteiger partial charge in [0.1, 0.15) is 0 Å². The van der Waals surface area contributed by atoms with Crippen molar-refractivity contribution in [2.45, 2.75) is 13.3 Å². The summed E-state index contributed by atoms with van der Waals surface area (Å²) in [6.07, 6.45) is -3.00. The molecule has 0 saturated carbocycles. The van der Waals surface area contributed by atoms with E-state index in [2.05, 4.69) is 10.3 Å². The number of alkyl halides is 2. The normalized spacial score (nSPS) is 11.0. The molecule has 1 N–H and O–H groups in total. The van der Waals surface area contributed by atoms with Crippen molar-refractivity contribution < 1.29 is 13.6 Å². The zero-order valence-electron chi connectivity index (χ0n) is 8.33. The Morgan fingerprint density at radius 2 is 2.25 bits per heavy atom. The molecule has 0 radical (unpaired) electrons. The molecule has 2 rings (SSSR count). The quantitative estimate of drug-likeness (QED) is 0.879. The summed E-state index contributed by atoms with van der Waals surface area (Å²) in [5, 5.41) is 3.03. The smallest absolute Gasteiger partial charge is 0.315 e. The summed E-state index contributed by atoms with van der Waals surface area (Å²) >= 11 is 1.45. The molecular formula is C10H8F2N2OS. The van der Waals surface area contributed by atoms with E-state index in [1.54, 1.807) is 18.2 Å². The number of aromatic nitrogens is 1. The van der Waals surface area contributed by atoms with E-state index in [-0.39, 0.29) is 0 Å². The third kappa shape index (κ3) is 2.16. The van der Waals surface area contributed by atoms with E-state index in [9.17, 15) is 13.6 Å². The standard InChI is InChI=1S/C10H8F2N2OS/c1-5-13-7-3-2-6(4-8(7)16-5)14-10(15)9(11)12/h2-4,9H,1H3,(H,14,15). The zero-order valence-corrected chi connectivity index (χ0v) is 9.15. The molecule has 0 aliphatic carbocycles. The molecule has 0 fully saturated rings. The molecule has 1 amide bonds. The van der Waals surface area contributed by atoms with E-state index in [4.69, 9.17) is 0 Å². The van der Waals surface area contributed by atoms with Crippen LogP contribution in [0.5, 0.6) is 0 Å². The predicted octanol–water partition coefficient (Wildman–Crippen LogP) is 2.81. The third-order valence-electron chi connectivity index (χ3n) is 1.96. The lowest BCUT2D eigenvalue weighted by Crippen LogP contribution is -2.19. The summed E-state index contributed by atoms with van der Waals surface area (Å²) in [4.78, 5) is 15.0. The van der Waals surface area contributed by atoms with E-state index in [1.807, 2.05) is 6.92 Å². The van der Waals surface area contributed by atoms with Crippen molar-refractivity contribution in [1.29, 1.82) is 0 Å². The third-order valence-corrected chi connectivity index (χ3v) is 2.89. The number of anilines is 1. The van der Waals surface area contributed by atoms with Gasteiger partial charge in [0, 0.05) is 5.69 Å². The van der Waals surface area contributed by atoms with Gasteiger partial charge in [0.05, 0.1) is 15.2 Å². The van der Waals surface area contributed by atoms with Crippen LogP contribution >= 0.6 is 11.3 Å². The van der Waals surface area contributed by atoms with Gasteiger partial charge in [-0.15, -0.1) is 11.3 Å². The number of benzene rings is 1. The maximum atomic E-state index is 12.0. The molecule has 0 aliphatic heterocycles. The van der Waals surface area contributed by atoms with Gasteiger partial charge in [0.15, 0.2) is 0 Å². The first-order valence-corrected chi connectivity index (χ1v) is 5.34. The average molecular weight is 242 g/mol. The van der Waals surface area contributed by atoms with Gasteiger partial charge in [-0.3, -0.25) is 4.79 Å². The molecule has 0 spiro atoms. The summed E-state index contributed by atoms with van der Waals surface area (Å²) < 4.78 is 24.9. The van der Waals surface area contributed by atoms with Gasteiger partial charge in [-0.25, -0.2) is 4.98 Å². The number of hydrogen-bond acceptors (Lipinski definition) is 3. The molecular weight excluding hydrogens is 234 g/mol. The molecule has 1 aromatic carbocycles. The first-order valence-electron chi connectivity index (χ1n) is 4.52. The molecule has 3 nitrogen and oxygen atoms in total. The zero-order chi connectivity index (χ0) is 11.7. The molecule has 2 aromatic rings. The summed E-state index contributed by atoms with van der Waals surface area (Å²) in [5.74, 6) is -1.29. The molecule has 1 aromatic heterocycles. The van der Waals surface area contributed by atoms with Crippen molar-refractivity contribution in [2.24, 2.45) is 0 Å². The van der Waals surface area contributed by atoms with E-state index in [1.165, 1.54) is 11.3 Å². The molecule has 0 aliphatic rings. The average Bonchev–Trinajstić information content (AvgIpc) is 2.57. The number of nitrogens with one attached hydrogen (secondary N) is 1. The Hall–Kier alpha value is -1.56. The Kier molecular flexibility index (Phi) is 2.82. The van der Waals surface area contributed by atoms with Crippen LogP contribution < -0.4 is 5.32 Å². The lowest BCUT2D eigenvalue weighted by Gasteiger charge is -2.03. The minimum atomic E-state index is -3.00. The lowest BCUT2D eigenvalue weighted by atomic mass is 10.3. The highest BCUT2D eigenvalue weighted by Crippen LogP contribution is 2.24. The van der Waals surface area contributed by atoms with Gasteiger partial charge < -0.3 is 5.32 Å². The summed E-state index contributed by atoms with van der Waals surface area (Å²) in [7, 11) is 0. The van der Waals surface area contributed by atoms with Crippen molar-refractivity contribution in [3.05, 3.63) is 23.2 Å². The highest BCUT2D eigenvalue weighted by atomic mass is 32.1. The van der Waals surface area contributed by atoms with Crippen LogP contribution in [0.1, 0.15) is 5.01 Å². The van der Waals surface area contributed by atoms with E-state index < -0.39 is 12.3 Å². The topological polar surface area (TPSA) is 42.0 Å². The van der Waals surface area contributed by atoms with Crippen molar-refractivity contribution in [3.8, 4) is 0 Å². The molecule has 1 heterocycles. The van der Waals surface area contributed by atoms with Crippen molar-refractivity contribution in [2.75, 3.05) is 5.32 Å². The fraction of sp³-hybridized carbons (Fsp3) is 0.200. The summed E-state index contributed by atoms with van der Waals surface area (Å²) in [6.45, 7) is 1.86. The highest BCUT2D eigenvalue weighted by molar-refractivity contribution is 7.18. The Labute approximate surface area is 94.1 Å². The van der Waals surface area contributed by atoms with Crippen LogP contribution in [-0.4, -0.2) is 17.3 Å². The number of halogens is 2. The van der Waals surface area contributed by atoms with E-state index in [0.717, 1.165) is 15.2 Å². The first kappa shape index (κ1) is 10.9. The Morgan fingerprint density at radius 1 is 1.50 bits per heavy atom. The highest BCUT2D eigenvalue weighted by Gasteiger charge is 2.15. The van der Waals surface area contributed by atoms with E-state index in [0.29, 0.717) is 5.69 Å². The number of carbonyl (C=O) groups is 1.